The first-order valence-corrected chi connectivity index (χ1v) is 9.46. The molecule has 2 saturated heterocycles. The third-order valence-corrected chi connectivity index (χ3v) is 5.88. The molecule has 0 spiro atoms. The van der Waals surface area contributed by atoms with Crippen LogP contribution in [-0.2, 0) is 0 Å². The van der Waals surface area contributed by atoms with E-state index in [1.54, 1.807) is 11.3 Å². The van der Waals surface area contributed by atoms with Gasteiger partial charge in [0.2, 0.25) is 0 Å². The van der Waals surface area contributed by atoms with E-state index in [0.29, 0.717) is 6.04 Å². The van der Waals surface area contributed by atoms with Crippen molar-refractivity contribution in [1.29, 1.82) is 0 Å². The summed E-state index contributed by atoms with van der Waals surface area (Å²) in [4.78, 5) is 5.36. The molecule has 2 aliphatic rings. The number of hydrogen-bond donors (Lipinski definition) is 1. The van der Waals surface area contributed by atoms with E-state index in [2.05, 4.69) is 33.6 Å². The highest BCUT2D eigenvalue weighted by molar-refractivity contribution is 7.07. The Bertz CT molecular complexity index is 404. The van der Waals surface area contributed by atoms with Crippen LogP contribution in [0.4, 0.5) is 0 Å². The maximum Gasteiger partial charge on any atom is 0.0504 e. The molecule has 0 aliphatic carbocycles. The summed E-state index contributed by atoms with van der Waals surface area (Å²) in [5, 5.41) is 4.44. The standard InChI is InChI=1S/C17H29N3S/c1-14(18)17(15-7-12-21-13-15)20-10-5-16(6-11-20)19-8-3-2-4-9-19/h7,12-14,16-17H,2-6,8-11,18H2,1H3. The van der Waals surface area contributed by atoms with Crippen molar-refractivity contribution >= 4 is 11.3 Å². The summed E-state index contributed by atoms with van der Waals surface area (Å²) in [6.45, 7) is 7.20. The first-order valence-electron chi connectivity index (χ1n) is 8.51. The Kier molecular flexibility index (Phi) is 5.33. The van der Waals surface area contributed by atoms with Crippen LogP contribution >= 0.6 is 11.3 Å². The van der Waals surface area contributed by atoms with Gasteiger partial charge in [0, 0.05) is 25.2 Å². The summed E-state index contributed by atoms with van der Waals surface area (Å²) in [5.41, 5.74) is 7.70. The highest BCUT2D eigenvalue weighted by Crippen LogP contribution is 2.30. The maximum absolute atomic E-state index is 6.29. The van der Waals surface area contributed by atoms with Crippen molar-refractivity contribution in [3.05, 3.63) is 22.4 Å². The van der Waals surface area contributed by atoms with Crippen molar-refractivity contribution in [3.63, 3.8) is 0 Å². The SMILES string of the molecule is CC(N)C(c1ccsc1)N1CCC(N2CCCCC2)CC1. The van der Waals surface area contributed by atoms with Crippen LogP contribution in [0.3, 0.4) is 0 Å². The number of piperidine rings is 2. The van der Waals surface area contributed by atoms with Gasteiger partial charge in [0.15, 0.2) is 0 Å². The van der Waals surface area contributed by atoms with Gasteiger partial charge in [-0.05, 0) is 68.1 Å². The van der Waals surface area contributed by atoms with E-state index in [1.807, 2.05) is 0 Å². The molecule has 1 aromatic heterocycles. The zero-order chi connectivity index (χ0) is 14.7. The van der Waals surface area contributed by atoms with Crippen LogP contribution in [0, 0.1) is 0 Å². The molecule has 0 bridgehead atoms. The summed E-state index contributed by atoms with van der Waals surface area (Å²) in [5.74, 6) is 0. The van der Waals surface area contributed by atoms with Gasteiger partial charge in [0.25, 0.3) is 0 Å². The van der Waals surface area contributed by atoms with Crippen LogP contribution < -0.4 is 5.73 Å². The van der Waals surface area contributed by atoms with Gasteiger partial charge in [-0.2, -0.15) is 11.3 Å². The molecule has 21 heavy (non-hydrogen) atoms. The van der Waals surface area contributed by atoms with E-state index in [1.165, 1.54) is 63.8 Å². The van der Waals surface area contributed by atoms with Gasteiger partial charge in [-0.25, -0.2) is 0 Å². The lowest BCUT2D eigenvalue weighted by Crippen LogP contribution is -2.49. The first-order chi connectivity index (χ1) is 10.3. The quantitative estimate of drug-likeness (QED) is 0.928. The fourth-order valence-electron chi connectivity index (χ4n) is 4.10. The van der Waals surface area contributed by atoms with Crippen molar-refractivity contribution in [1.82, 2.24) is 9.80 Å². The number of likely N-dealkylation sites (tertiary alicyclic amines) is 2. The summed E-state index contributed by atoms with van der Waals surface area (Å²) in [6, 6.07) is 3.66. The summed E-state index contributed by atoms with van der Waals surface area (Å²) in [7, 11) is 0. The van der Waals surface area contributed by atoms with Gasteiger partial charge in [-0.1, -0.05) is 6.42 Å². The maximum atomic E-state index is 6.29. The van der Waals surface area contributed by atoms with Gasteiger partial charge in [-0.15, -0.1) is 0 Å². The molecule has 3 nitrogen and oxygen atoms in total. The largest absolute Gasteiger partial charge is 0.326 e. The van der Waals surface area contributed by atoms with Crippen molar-refractivity contribution in [2.24, 2.45) is 5.73 Å². The van der Waals surface area contributed by atoms with Crippen LogP contribution in [0.1, 0.15) is 50.6 Å². The van der Waals surface area contributed by atoms with E-state index in [9.17, 15) is 0 Å². The zero-order valence-electron chi connectivity index (χ0n) is 13.2. The molecule has 3 heterocycles. The van der Waals surface area contributed by atoms with E-state index in [0.717, 1.165) is 6.04 Å². The minimum Gasteiger partial charge on any atom is -0.326 e. The van der Waals surface area contributed by atoms with Crippen LogP contribution in [0.25, 0.3) is 0 Å². The van der Waals surface area contributed by atoms with E-state index in [-0.39, 0.29) is 6.04 Å². The molecule has 0 radical (unpaired) electrons. The van der Waals surface area contributed by atoms with E-state index >= 15 is 0 Å². The molecule has 4 heteroatoms. The molecule has 2 fully saturated rings. The predicted molar refractivity (Wildman–Crippen MR) is 90.7 cm³/mol. The average molecular weight is 308 g/mol. The van der Waals surface area contributed by atoms with Gasteiger partial charge >= 0.3 is 0 Å². The normalized spacial score (nSPS) is 25.8. The molecule has 2 N–H and O–H groups in total. The Morgan fingerprint density at radius 3 is 2.43 bits per heavy atom. The Labute approximate surface area is 133 Å². The van der Waals surface area contributed by atoms with Crippen molar-refractivity contribution in [2.75, 3.05) is 26.2 Å². The van der Waals surface area contributed by atoms with Crippen molar-refractivity contribution in [2.45, 2.75) is 57.2 Å². The first kappa shape index (κ1) is 15.5. The lowest BCUT2D eigenvalue weighted by atomic mass is 9.95. The molecular weight excluding hydrogens is 278 g/mol. The average Bonchev–Trinajstić information content (AvgIpc) is 3.03. The number of nitrogens with zero attached hydrogens (tertiary/aromatic N) is 2. The van der Waals surface area contributed by atoms with Gasteiger partial charge in [0.1, 0.15) is 0 Å². The number of rotatable bonds is 4. The minimum atomic E-state index is 0.200. The highest BCUT2D eigenvalue weighted by Gasteiger charge is 2.31. The Morgan fingerprint density at radius 1 is 1.14 bits per heavy atom. The second-order valence-electron chi connectivity index (χ2n) is 6.72. The fourth-order valence-corrected chi connectivity index (χ4v) is 4.79. The Morgan fingerprint density at radius 2 is 1.86 bits per heavy atom. The zero-order valence-corrected chi connectivity index (χ0v) is 14.0. The molecule has 118 valence electrons. The molecule has 3 rings (SSSR count). The molecule has 1 aromatic rings. The summed E-state index contributed by atoms with van der Waals surface area (Å²) in [6.07, 6.45) is 6.86. The number of hydrogen-bond acceptors (Lipinski definition) is 4. The lowest BCUT2D eigenvalue weighted by Gasteiger charge is -2.43. The van der Waals surface area contributed by atoms with Crippen molar-refractivity contribution in [3.8, 4) is 0 Å². The van der Waals surface area contributed by atoms with Crippen LogP contribution in [0.5, 0.6) is 0 Å². The number of nitrogens with two attached hydrogens (primary N) is 1. The summed E-state index contributed by atoms with van der Waals surface area (Å²) >= 11 is 1.78. The molecule has 2 aliphatic heterocycles. The van der Waals surface area contributed by atoms with Crippen molar-refractivity contribution < 1.29 is 0 Å². The Balaban J connectivity index is 1.58. The molecular formula is C17H29N3S. The van der Waals surface area contributed by atoms with Gasteiger partial charge in [0.05, 0.1) is 6.04 Å². The van der Waals surface area contributed by atoms with Crippen LogP contribution in [0.15, 0.2) is 16.8 Å². The second-order valence-corrected chi connectivity index (χ2v) is 7.50. The fraction of sp³-hybridized carbons (Fsp3) is 0.765. The second kappa shape index (κ2) is 7.23. The monoisotopic (exact) mass is 307 g/mol. The topological polar surface area (TPSA) is 32.5 Å². The molecule has 2 unspecified atom stereocenters. The van der Waals surface area contributed by atoms with Gasteiger partial charge < -0.3 is 10.6 Å². The number of thiophene rings is 1. The lowest BCUT2D eigenvalue weighted by molar-refractivity contribution is 0.0664. The van der Waals surface area contributed by atoms with Gasteiger partial charge in [-0.3, -0.25) is 4.90 Å². The van der Waals surface area contributed by atoms with Crippen LogP contribution in [-0.4, -0.2) is 48.1 Å². The third kappa shape index (κ3) is 3.67. The van der Waals surface area contributed by atoms with E-state index < -0.39 is 0 Å². The minimum absolute atomic E-state index is 0.200. The molecule has 0 aromatic carbocycles. The molecule has 0 amide bonds. The third-order valence-electron chi connectivity index (χ3n) is 5.18. The molecule has 2 atom stereocenters. The van der Waals surface area contributed by atoms with Crippen LogP contribution in [0.2, 0.25) is 0 Å². The van der Waals surface area contributed by atoms with E-state index in [4.69, 9.17) is 5.73 Å². The Hall–Kier alpha value is -0.420. The highest BCUT2D eigenvalue weighted by atomic mass is 32.1. The predicted octanol–water partition coefficient (Wildman–Crippen LogP) is 3.09. The smallest absolute Gasteiger partial charge is 0.0504 e. The summed E-state index contributed by atoms with van der Waals surface area (Å²) < 4.78 is 0. The molecule has 0 saturated carbocycles.